The van der Waals surface area contributed by atoms with Gasteiger partial charge in [-0.3, -0.25) is 9.59 Å². The average molecular weight is 375 g/mol. The number of hydrogen-bond donors (Lipinski definition) is 0. The Balaban J connectivity index is 1.59. The molecule has 0 spiro atoms. The van der Waals surface area contributed by atoms with E-state index in [1.165, 1.54) is 4.90 Å². The molecule has 2 aromatic rings. The minimum Gasteiger partial charge on any atom is -0.423 e. The Bertz CT molecular complexity index is 994. The maximum Gasteiger partial charge on any atom is 0.343 e. The van der Waals surface area contributed by atoms with E-state index in [0.717, 1.165) is 5.56 Å². The summed E-state index contributed by atoms with van der Waals surface area (Å²) in [6.07, 6.45) is 4.55. The highest BCUT2D eigenvalue weighted by Crippen LogP contribution is 2.40. The highest BCUT2D eigenvalue weighted by molar-refractivity contribution is 6.22. The van der Waals surface area contributed by atoms with E-state index in [0.29, 0.717) is 23.4 Å². The van der Waals surface area contributed by atoms with Crippen LogP contribution in [-0.2, 0) is 9.59 Å². The smallest absolute Gasteiger partial charge is 0.343 e. The van der Waals surface area contributed by atoms with Crippen molar-refractivity contribution in [3.8, 4) is 5.75 Å². The van der Waals surface area contributed by atoms with Crippen LogP contribution in [0.3, 0.4) is 0 Å². The summed E-state index contributed by atoms with van der Waals surface area (Å²) >= 11 is 0. The van der Waals surface area contributed by atoms with Gasteiger partial charge in [-0.1, -0.05) is 43.3 Å². The lowest BCUT2D eigenvalue weighted by Crippen LogP contribution is -2.31. The third kappa shape index (κ3) is 3.03. The minimum atomic E-state index is -0.471. The molecule has 142 valence electrons. The molecule has 1 saturated heterocycles. The van der Waals surface area contributed by atoms with Crippen molar-refractivity contribution in [1.82, 2.24) is 0 Å². The monoisotopic (exact) mass is 375 g/mol. The van der Waals surface area contributed by atoms with Gasteiger partial charge in [0.2, 0.25) is 11.8 Å². The first-order valence-electron chi connectivity index (χ1n) is 9.39. The van der Waals surface area contributed by atoms with Crippen molar-refractivity contribution >= 4 is 23.5 Å². The number of aryl methyl sites for hydroxylation is 1. The SMILES string of the molecule is Cc1ccccc1C(=O)Oc1cccc(N2C(=O)[C@H]3[C@H](C)C=CC[C@H]3C2=O)c1. The fourth-order valence-electron chi connectivity index (χ4n) is 4.05. The summed E-state index contributed by atoms with van der Waals surface area (Å²) in [5, 5.41) is 0. The molecule has 0 saturated carbocycles. The van der Waals surface area contributed by atoms with Crippen LogP contribution in [0.4, 0.5) is 5.69 Å². The highest BCUT2D eigenvalue weighted by atomic mass is 16.5. The Morgan fingerprint density at radius 1 is 1.07 bits per heavy atom. The van der Waals surface area contributed by atoms with E-state index in [9.17, 15) is 14.4 Å². The lowest BCUT2D eigenvalue weighted by atomic mass is 9.78. The van der Waals surface area contributed by atoms with E-state index in [4.69, 9.17) is 4.74 Å². The maximum absolute atomic E-state index is 12.9. The molecule has 5 heteroatoms. The number of hydrogen-bond acceptors (Lipinski definition) is 4. The first-order valence-corrected chi connectivity index (χ1v) is 9.39. The number of rotatable bonds is 3. The second-order valence-corrected chi connectivity index (χ2v) is 7.37. The highest BCUT2D eigenvalue weighted by Gasteiger charge is 2.50. The fraction of sp³-hybridized carbons (Fsp3) is 0.261. The second-order valence-electron chi connectivity index (χ2n) is 7.37. The van der Waals surface area contributed by atoms with Crippen LogP contribution in [0.5, 0.6) is 5.75 Å². The van der Waals surface area contributed by atoms with Crippen LogP contribution < -0.4 is 9.64 Å². The van der Waals surface area contributed by atoms with E-state index in [2.05, 4.69) is 0 Å². The normalized spacial score (nSPS) is 23.6. The van der Waals surface area contributed by atoms with Gasteiger partial charge in [-0.05, 0) is 43.0 Å². The van der Waals surface area contributed by atoms with Gasteiger partial charge in [0, 0.05) is 6.07 Å². The molecule has 1 fully saturated rings. The van der Waals surface area contributed by atoms with Gasteiger partial charge in [0.05, 0.1) is 23.1 Å². The summed E-state index contributed by atoms with van der Waals surface area (Å²) in [7, 11) is 0. The van der Waals surface area contributed by atoms with Gasteiger partial charge < -0.3 is 4.74 Å². The molecule has 2 aliphatic rings. The van der Waals surface area contributed by atoms with Crippen molar-refractivity contribution in [2.45, 2.75) is 20.3 Å². The summed E-state index contributed by atoms with van der Waals surface area (Å²) in [6, 6.07) is 13.8. The van der Waals surface area contributed by atoms with Crippen molar-refractivity contribution in [2.24, 2.45) is 17.8 Å². The summed E-state index contributed by atoms with van der Waals surface area (Å²) in [4.78, 5) is 39.5. The van der Waals surface area contributed by atoms with Crippen molar-refractivity contribution < 1.29 is 19.1 Å². The minimum absolute atomic E-state index is 0.0299. The molecule has 0 radical (unpaired) electrons. The van der Waals surface area contributed by atoms with E-state index < -0.39 is 5.97 Å². The number of anilines is 1. The average Bonchev–Trinajstić information content (AvgIpc) is 2.94. The van der Waals surface area contributed by atoms with Crippen LogP contribution in [-0.4, -0.2) is 17.8 Å². The zero-order valence-electron chi connectivity index (χ0n) is 15.8. The van der Waals surface area contributed by atoms with Crippen molar-refractivity contribution in [1.29, 1.82) is 0 Å². The van der Waals surface area contributed by atoms with E-state index in [1.807, 2.05) is 38.1 Å². The molecular formula is C23H21NO4. The molecule has 0 N–H and O–H groups in total. The molecule has 1 aliphatic heterocycles. The fourth-order valence-corrected chi connectivity index (χ4v) is 4.05. The zero-order chi connectivity index (χ0) is 19.8. The summed E-state index contributed by atoms with van der Waals surface area (Å²) < 4.78 is 5.49. The number of esters is 1. The molecule has 3 atom stereocenters. The third-order valence-electron chi connectivity index (χ3n) is 5.52. The molecule has 4 rings (SSSR count). The first-order chi connectivity index (χ1) is 13.5. The molecule has 0 aromatic heterocycles. The van der Waals surface area contributed by atoms with Crippen LogP contribution in [0, 0.1) is 24.7 Å². The predicted octanol–water partition coefficient (Wildman–Crippen LogP) is 3.92. The van der Waals surface area contributed by atoms with Crippen LogP contribution in [0.15, 0.2) is 60.7 Å². The first kappa shape index (κ1) is 18.2. The third-order valence-corrected chi connectivity index (χ3v) is 5.52. The number of ether oxygens (including phenoxy) is 1. The number of carbonyl (C=O) groups excluding carboxylic acids is 3. The Labute approximate surface area is 163 Å². The Morgan fingerprint density at radius 2 is 1.86 bits per heavy atom. The van der Waals surface area contributed by atoms with Crippen molar-refractivity contribution in [3.05, 3.63) is 71.8 Å². The lowest BCUT2D eigenvalue weighted by Gasteiger charge is -2.22. The summed E-state index contributed by atoms with van der Waals surface area (Å²) in [5.74, 6) is -1.15. The number of carbonyl (C=O) groups is 3. The second kappa shape index (κ2) is 7.08. The molecule has 1 aliphatic carbocycles. The van der Waals surface area contributed by atoms with E-state index in [-0.39, 0.29) is 29.6 Å². The molecular weight excluding hydrogens is 354 g/mol. The zero-order valence-corrected chi connectivity index (χ0v) is 15.8. The maximum atomic E-state index is 12.9. The summed E-state index contributed by atoms with van der Waals surface area (Å²) in [5.41, 5.74) is 1.73. The number of amides is 2. The molecule has 0 bridgehead atoms. The van der Waals surface area contributed by atoms with Crippen LogP contribution in [0.1, 0.15) is 29.3 Å². The van der Waals surface area contributed by atoms with Gasteiger partial charge in [0.15, 0.2) is 0 Å². The van der Waals surface area contributed by atoms with Crippen molar-refractivity contribution in [3.63, 3.8) is 0 Å². The number of imide groups is 1. The van der Waals surface area contributed by atoms with Crippen LogP contribution in [0.25, 0.3) is 0 Å². The molecule has 2 aromatic carbocycles. The topological polar surface area (TPSA) is 63.7 Å². The van der Waals surface area contributed by atoms with E-state index >= 15 is 0 Å². The van der Waals surface area contributed by atoms with Gasteiger partial charge >= 0.3 is 5.97 Å². The van der Waals surface area contributed by atoms with Gasteiger partial charge in [-0.2, -0.15) is 0 Å². The van der Waals surface area contributed by atoms with Crippen molar-refractivity contribution in [2.75, 3.05) is 4.90 Å². The molecule has 2 amide bonds. The molecule has 28 heavy (non-hydrogen) atoms. The standard InChI is InChI=1S/C23H21NO4/c1-14-7-3-4-11-18(14)23(27)28-17-10-6-9-16(13-17)24-21(25)19-12-5-8-15(2)20(19)22(24)26/h3-11,13,15,19-20H,12H2,1-2H3/t15-,19-,20+/m1/s1. The predicted molar refractivity (Wildman–Crippen MR) is 105 cm³/mol. The Kier molecular flexibility index (Phi) is 4.59. The largest absolute Gasteiger partial charge is 0.423 e. The number of nitrogens with zero attached hydrogens (tertiary/aromatic N) is 1. The van der Waals surface area contributed by atoms with Gasteiger partial charge in [-0.15, -0.1) is 0 Å². The lowest BCUT2D eigenvalue weighted by molar-refractivity contribution is -0.122. The van der Waals surface area contributed by atoms with Gasteiger partial charge in [-0.25, -0.2) is 9.69 Å². The van der Waals surface area contributed by atoms with Gasteiger partial charge in [0.1, 0.15) is 5.75 Å². The summed E-state index contributed by atoms with van der Waals surface area (Å²) in [6.45, 7) is 3.80. The quantitative estimate of drug-likeness (QED) is 0.353. The van der Waals surface area contributed by atoms with Gasteiger partial charge in [0.25, 0.3) is 0 Å². The molecule has 0 unspecified atom stereocenters. The number of allylic oxidation sites excluding steroid dienone is 2. The Morgan fingerprint density at radius 3 is 2.61 bits per heavy atom. The molecule has 1 heterocycles. The Hall–Kier alpha value is -3.21. The van der Waals surface area contributed by atoms with E-state index in [1.54, 1.807) is 36.4 Å². The number of benzene rings is 2. The molecule has 5 nitrogen and oxygen atoms in total. The number of fused-ring (bicyclic) bond motifs is 1. The van der Waals surface area contributed by atoms with Crippen LogP contribution >= 0.6 is 0 Å². The van der Waals surface area contributed by atoms with Crippen LogP contribution in [0.2, 0.25) is 0 Å².